The molecule has 31 heavy (non-hydrogen) atoms. The Hall–Kier alpha value is -2.95. The number of rotatable bonds is 9. The lowest BCUT2D eigenvalue weighted by atomic mass is 9.88. The minimum atomic E-state index is -1.22. The van der Waals surface area contributed by atoms with Gasteiger partial charge in [0.1, 0.15) is 24.9 Å². The van der Waals surface area contributed by atoms with E-state index in [0.717, 1.165) is 13.8 Å². The molecule has 1 fully saturated rings. The van der Waals surface area contributed by atoms with Crippen molar-refractivity contribution in [2.75, 3.05) is 6.61 Å². The van der Waals surface area contributed by atoms with Gasteiger partial charge in [0.25, 0.3) is 0 Å². The minimum Gasteiger partial charge on any atom is -0.463 e. The summed E-state index contributed by atoms with van der Waals surface area (Å²) in [6.45, 7) is 9.21. The fourth-order valence-corrected chi connectivity index (χ4v) is 3.31. The highest BCUT2D eigenvalue weighted by atomic mass is 16.6. The van der Waals surface area contributed by atoms with Crippen molar-refractivity contribution in [1.29, 1.82) is 0 Å². The van der Waals surface area contributed by atoms with Gasteiger partial charge in [0.15, 0.2) is 12.2 Å². The second kappa shape index (κ2) is 12.0. The lowest BCUT2D eigenvalue weighted by Crippen LogP contribution is -2.68. The van der Waals surface area contributed by atoms with Crippen LogP contribution in [0.2, 0.25) is 0 Å². The molecule has 6 atom stereocenters. The maximum atomic E-state index is 11.9. The van der Waals surface area contributed by atoms with Crippen molar-refractivity contribution in [3.63, 3.8) is 0 Å². The third kappa shape index (κ3) is 8.36. The van der Waals surface area contributed by atoms with Gasteiger partial charge in [-0.3, -0.25) is 24.0 Å². The number of esters is 4. The second-order valence-corrected chi connectivity index (χ2v) is 6.99. The second-order valence-electron chi connectivity index (χ2n) is 6.99. The molecule has 0 aliphatic carbocycles. The van der Waals surface area contributed by atoms with Crippen molar-refractivity contribution in [2.24, 2.45) is 0 Å². The van der Waals surface area contributed by atoms with Crippen LogP contribution in [0.3, 0.4) is 0 Å². The van der Waals surface area contributed by atoms with E-state index < -0.39 is 66.3 Å². The van der Waals surface area contributed by atoms with Crippen LogP contribution in [0.15, 0.2) is 12.7 Å². The number of carbonyl (C=O) groups excluding carboxylic acids is 5. The third-order valence-corrected chi connectivity index (χ3v) is 4.24. The summed E-state index contributed by atoms with van der Waals surface area (Å²) in [5, 5.41) is 2.62. The van der Waals surface area contributed by atoms with Gasteiger partial charge < -0.3 is 29.0 Å². The Balaban J connectivity index is 3.49. The Morgan fingerprint density at radius 1 is 0.935 bits per heavy atom. The molecule has 0 bridgehead atoms. The summed E-state index contributed by atoms with van der Waals surface area (Å²) < 4.78 is 27.1. The molecule has 11 heteroatoms. The summed E-state index contributed by atoms with van der Waals surface area (Å²) >= 11 is 0. The first kappa shape index (κ1) is 26.1. The monoisotopic (exact) mass is 443 g/mol. The molecular weight excluding hydrogens is 414 g/mol. The Morgan fingerprint density at radius 3 is 1.97 bits per heavy atom. The molecule has 11 nitrogen and oxygen atoms in total. The highest BCUT2D eigenvalue weighted by Gasteiger charge is 2.53. The van der Waals surface area contributed by atoms with Crippen molar-refractivity contribution >= 4 is 29.8 Å². The minimum absolute atomic E-state index is 0.144. The van der Waals surface area contributed by atoms with Gasteiger partial charge in [0.2, 0.25) is 5.91 Å². The van der Waals surface area contributed by atoms with Crippen molar-refractivity contribution in [1.82, 2.24) is 5.32 Å². The van der Waals surface area contributed by atoms with Crippen molar-refractivity contribution in [3.05, 3.63) is 12.7 Å². The molecule has 1 rings (SSSR count). The summed E-state index contributed by atoms with van der Waals surface area (Å²) in [7, 11) is 0. The molecule has 1 N–H and O–H groups in total. The molecule has 1 heterocycles. The van der Waals surface area contributed by atoms with Crippen LogP contribution in [0.1, 0.15) is 41.0 Å². The zero-order valence-electron chi connectivity index (χ0n) is 18.2. The van der Waals surface area contributed by atoms with E-state index in [1.165, 1.54) is 26.8 Å². The Morgan fingerprint density at radius 2 is 1.52 bits per heavy atom. The predicted octanol–water partition coefficient (Wildman–Crippen LogP) is 0.193. The van der Waals surface area contributed by atoms with E-state index in [-0.39, 0.29) is 13.0 Å². The van der Waals surface area contributed by atoms with Gasteiger partial charge in [0, 0.05) is 41.0 Å². The molecule has 1 amide bonds. The van der Waals surface area contributed by atoms with Gasteiger partial charge in [-0.05, 0) is 0 Å². The van der Waals surface area contributed by atoms with E-state index in [1.807, 2.05) is 0 Å². The number of ether oxygens (including phenoxy) is 5. The smallest absolute Gasteiger partial charge is 0.303 e. The zero-order valence-corrected chi connectivity index (χ0v) is 18.2. The van der Waals surface area contributed by atoms with Crippen molar-refractivity contribution in [3.8, 4) is 0 Å². The lowest BCUT2D eigenvalue weighted by molar-refractivity contribution is -0.238. The molecule has 1 aliphatic rings. The van der Waals surface area contributed by atoms with E-state index in [4.69, 9.17) is 23.7 Å². The number of carbonyl (C=O) groups is 5. The normalized spacial score (nSPS) is 26.0. The average molecular weight is 443 g/mol. The van der Waals surface area contributed by atoms with Gasteiger partial charge in [0.05, 0.1) is 6.04 Å². The van der Waals surface area contributed by atoms with E-state index >= 15 is 0 Å². The van der Waals surface area contributed by atoms with Crippen LogP contribution < -0.4 is 5.32 Å². The Labute approximate surface area is 180 Å². The summed E-state index contributed by atoms with van der Waals surface area (Å²) in [4.78, 5) is 58.4. The average Bonchev–Trinajstić information content (AvgIpc) is 2.61. The molecular formula is C20H29NO10. The quantitative estimate of drug-likeness (QED) is 0.298. The molecule has 0 aromatic rings. The summed E-state index contributed by atoms with van der Waals surface area (Å²) in [5.74, 6) is -3.13. The first-order valence-corrected chi connectivity index (χ1v) is 9.64. The van der Waals surface area contributed by atoms with Gasteiger partial charge in [-0.15, -0.1) is 6.58 Å². The maximum absolute atomic E-state index is 11.9. The van der Waals surface area contributed by atoms with Gasteiger partial charge in [-0.1, -0.05) is 6.08 Å². The van der Waals surface area contributed by atoms with Crippen LogP contribution >= 0.6 is 0 Å². The van der Waals surface area contributed by atoms with Gasteiger partial charge >= 0.3 is 23.9 Å². The lowest BCUT2D eigenvalue weighted by Gasteiger charge is -2.47. The standard InChI is InChI=1S/C20H29NO10/c1-7-8-15(28-12(4)24)18-17(21-10(2)22)20(30-14(6)26)19(29-13(5)25)16(31-18)9-27-11(3)23/h7,15-20H,1,8-9H2,2-6H3,(H,21,22). The fraction of sp³-hybridized carbons (Fsp3) is 0.650. The fourth-order valence-electron chi connectivity index (χ4n) is 3.31. The third-order valence-electron chi connectivity index (χ3n) is 4.24. The first-order valence-electron chi connectivity index (χ1n) is 9.64. The van der Waals surface area contributed by atoms with Gasteiger partial charge in [-0.25, -0.2) is 0 Å². The van der Waals surface area contributed by atoms with Crippen LogP contribution in [-0.2, 0) is 47.7 Å². The number of hydrogen-bond acceptors (Lipinski definition) is 10. The molecule has 0 aromatic heterocycles. The summed E-state index contributed by atoms with van der Waals surface area (Å²) in [6, 6.07) is -1.05. The van der Waals surface area contributed by atoms with Crippen molar-refractivity contribution in [2.45, 2.75) is 77.6 Å². The zero-order chi connectivity index (χ0) is 23.7. The predicted molar refractivity (Wildman–Crippen MR) is 104 cm³/mol. The molecule has 174 valence electrons. The highest BCUT2D eigenvalue weighted by molar-refractivity contribution is 5.74. The molecule has 0 aromatic carbocycles. The molecule has 0 spiro atoms. The van der Waals surface area contributed by atoms with Crippen LogP contribution in [0, 0.1) is 0 Å². The largest absolute Gasteiger partial charge is 0.463 e. The first-order chi connectivity index (χ1) is 14.5. The molecule has 0 radical (unpaired) electrons. The van der Waals surface area contributed by atoms with Crippen LogP contribution in [0.4, 0.5) is 0 Å². The van der Waals surface area contributed by atoms with Crippen LogP contribution in [0.5, 0.6) is 0 Å². The summed E-state index contributed by atoms with van der Waals surface area (Å²) in [5.41, 5.74) is 0. The molecule has 1 aliphatic heterocycles. The van der Waals surface area contributed by atoms with E-state index in [9.17, 15) is 24.0 Å². The molecule has 1 saturated heterocycles. The van der Waals surface area contributed by atoms with E-state index in [1.54, 1.807) is 0 Å². The van der Waals surface area contributed by atoms with Crippen molar-refractivity contribution < 1.29 is 47.7 Å². The number of hydrogen-bond donors (Lipinski definition) is 1. The maximum Gasteiger partial charge on any atom is 0.303 e. The molecule has 0 saturated carbocycles. The van der Waals surface area contributed by atoms with E-state index in [0.29, 0.717) is 0 Å². The Bertz CT molecular complexity index is 706. The van der Waals surface area contributed by atoms with Gasteiger partial charge in [-0.2, -0.15) is 0 Å². The van der Waals surface area contributed by atoms with Crippen LogP contribution in [-0.4, -0.2) is 73.0 Å². The number of nitrogens with one attached hydrogen (secondary N) is 1. The molecule has 6 unspecified atom stereocenters. The number of amides is 1. The Kier molecular flexibility index (Phi) is 10.1. The van der Waals surface area contributed by atoms with Crippen LogP contribution in [0.25, 0.3) is 0 Å². The topological polar surface area (TPSA) is 144 Å². The highest BCUT2D eigenvalue weighted by Crippen LogP contribution is 2.30. The summed E-state index contributed by atoms with van der Waals surface area (Å²) in [6.07, 6.45) is -3.84. The van der Waals surface area contributed by atoms with E-state index in [2.05, 4.69) is 11.9 Å². The SMILES string of the molecule is C=CCC(OC(C)=O)C1OC(COC(C)=O)C(OC(C)=O)C(OC(C)=O)C1NC(C)=O.